The normalized spacial score (nSPS) is 16.9. The van der Waals surface area contributed by atoms with Crippen molar-refractivity contribution >= 4 is 22.9 Å². The number of nitrogens with zero attached hydrogens (tertiary/aromatic N) is 3. The van der Waals surface area contributed by atoms with Crippen molar-refractivity contribution in [3.8, 4) is 0 Å². The van der Waals surface area contributed by atoms with Gasteiger partial charge in [0.05, 0.1) is 12.8 Å². The van der Waals surface area contributed by atoms with E-state index in [1.165, 1.54) is 22.6 Å². The van der Waals surface area contributed by atoms with Gasteiger partial charge in [-0.2, -0.15) is 5.10 Å². The van der Waals surface area contributed by atoms with Gasteiger partial charge in [-0.15, -0.1) is 0 Å². The van der Waals surface area contributed by atoms with Crippen molar-refractivity contribution in [2.75, 3.05) is 32.7 Å². The standard InChI is InChI=1S/C33H46N4O2/c1-24(31(39)29(33(6,7)8)19-25(2)32(3,4)5)21-34-35-30(38)23-37-17-15-36(16-18-37)22-26-13-14-27-11-9-10-12-28(27)20-26/h9-14,19-21,39H,1,15-18,22-23H2,2-8H3,(H,35,38)/b25-19+,31-29-,34-21+. The van der Waals surface area contributed by atoms with Gasteiger partial charge in [-0.1, -0.05) is 96.2 Å². The van der Waals surface area contributed by atoms with E-state index < -0.39 is 0 Å². The van der Waals surface area contributed by atoms with Crippen LogP contribution in [-0.4, -0.2) is 59.8 Å². The Balaban J connectivity index is 1.50. The van der Waals surface area contributed by atoms with Gasteiger partial charge >= 0.3 is 0 Å². The number of allylic oxidation sites excluding steroid dienone is 4. The number of piperazine rings is 1. The first-order chi connectivity index (χ1) is 18.2. The van der Waals surface area contributed by atoms with Gasteiger partial charge in [-0.3, -0.25) is 14.6 Å². The number of hydrogen-bond acceptors (Lipinski definition) is 5. The van der Waals surface area contributed by atoms with Crippen molar-refractivity contribution in [1.82, 2.24) is 15.2 Å². The van der Waals surface area contributed by atoms with Crippen LogP contribution in [0.15, 0.2) is 82.7 Å². The molecule has 0 aromatic heterocycles. The number of hydrazone groups is 1. The zero-order valence-electron chi connectivity index (χ0n) is 24.8. The molecular weight excluding hydrogens is 484 g/mol. The second kappa shape index (κ2) is 12.8. The van der Waals surface area contributed by atoms with Crippen LogP contribution in [0.2, 0.25) is 0 Å². The van der Waals surface area contributed by atoms with E-state index in [1.807, 2.05) is 6.08 Å². The largest absolute Gasteiger partial charge is 0.507 e. The van der Waals surface area contributed by atoms with Crippen molar-refractivity contribution < 1.29 is 9.90 Å². The summed E-state index contributed by atoms with van der Waals surface area (Å²) < 4.78 is 0. The van der Waals surface area contributed by atoms with Crippen LogP contribution in [0.25, 0.3) is 10.8 Å². The molecule has 2 aromatic carbocycles. The molecule has 2 N–H and O–H groups in total. The molecule has 1 fully saturated rings. The number of carbonyl (C=O) groups excluding carboxylic acids is 1. The Morgan fingerprint density at radius 3 is 2.21 bits per heavy atom. The van der Waals surface area contributed by atoms with Crippen LogP contribution in [0.1, 0.15) is 54.0 Å². The predicted octanol–water partition coefficient (Wildman–Crippen LogP) is 6.47. The van der Waals surface area contributed by atoms with E-state index in [0.717, 1.165) is 43.9 Å². The smallest absolute Gasteiger partial charge is 0.254 e. The maximum atomic E-state index is 12.5. The molecule has 0 atom stereocenters. The lowest BCUT2D eigenvalue weighted by Gasteiger charge is -2.34. The molecule has 210 valence electrons. The van der Waals surface area contributed by atoms with Gasteiger partial charge in [0.15, 0.2) is 0 Å². The molecule has 1 amide bonds. The highest BCUT2D eigenvalue weighted by Gasteiger charge is 2.23. The predicted molar refractivity (Wildman–Crippen MR) is 164 cm³/mol. The number of benzene rings is 2. The molecule has 0 bridgehead atoms. The molecule has 6 heteroatoms. The number of rotatable bonds is 8. The molecule has 3 rings (SSSR count). The van der Waals surface area contributed by atoms with Gasteiger partial charge in [-0.25, -0.2) is 5.43 Å². The maximum absolute atomic E-state index is 12.5. The summed E-state index contributed by atoms with van der Waals surface area (Å²) in [6.07, 6.45) is 3.45. The number of amides is 1. The quantitative estimate of drug-likeness (QED) is 0.178. The maximum Gasteiger partial charge on any atom is 0.254 e. The Morgan fingerprint density at radius 1 is 0.974 bits per heavy atom. The van der Waals surface area contributed by atoms with Crippen LogP contribution in [0.4, 0.5) is 0 Å². The lowest BCUT2D eigenvalue weighted by Crippen LogP contribution is -2.48. The van der Waals surface area contributed by atoms with E-state index in [2.05, 4.69) is 118 Å². The van der Waals surface area contributed by atoms with Crippen LogP contribution in [0.5, 0.6) is 0 Å². The second-order valence-electron chi connectivity index (χ2n) is 12.6. The van der Waals surface area contributed by atoms with Gasteiger partial charge in [0, 0.05) is 38.3 Å². The topological polar surface area (TPSA) is 68.2 Å². The van der Waals surface area contributed by atoms with Crippen molar-refractivity contribution in [3.05, 3.63) is 83.2 Å². The summed E-state index contributed by atoms with van der Waals surface area (Å²) in [5.41, 5.74) is 5.92. The van der Waals surface area contributed by atoms with E-state index in [9.17, 15) is 9.90 Å². The van der Waals surface area contributed by atoms with Crippen LogP contribution in [-0.2, 0) is 11.3 Å². The number of carbonyl (C=O) groups is 1. The minimum Gasteiger partial charge on any atom is -0.507 e. The summed E-state index contributed by atoms with van der Waals surface area (Å²) in [6, 6.07) is 15.1. The zero-order chi connectivity index (χ0) is 28.8. The van der Waals surface area contributed by atoms with E-state index >= 15 is 0 Å². The summed E-state index contributed by atoms with van der Waals surface area (Å²) in [6.45, 7) is 23.3. The molecule has 1 saturated heterocycles. The Labute approximate surface area is 234 Å². The molecule has 0 unspecified atom stereocenters. The number of fused-ring (bicyclic) bond motifs is 1. The minimum absolute atomic E-state index is 0.0118. The van der Waals surface area contributed by atoms with Gasteiger partial charge in [0.2, 0.25) is 0 Å². The molecule has 2 aromatic rings. The van der Waals surface area contributed by atoms with Gasteiger partial charge in [0.25, 0.3) is 5.91 Å². The summed E-state index contributed by atoms with van der Waals surface area (Å²) in [7, 11) is 0. The molecule has 0 aliphatic carbocycles. The number of nitrogens with one attached hydrogen (secondary N) is 1. The van der Waals surface area contributed by atoms with Gasteiger partial charge in [-0.05, 0) is 45.7 Å². The highest BCUT2D eigenvalue weighted by Crippen LogP contribution is 2.34. The average Bonchev–Trinajstić information content (AvgIpc) is 2.86. The summed E-state index contributed by atoms with van der Waals surface area (Å²) in [5.74, 6) is -0.0864. The molecule has 1 heterocycles. The molecule has 6 nitrogen and oxygen atoms in total. The monoisotopic (exact) mass is 530 g/mol. The van der Waals surface area contributed by atoms with Crippen molar-refractivity contribution in [2.24, 2.45) is 15.9 Å². The highest BCUT2D eigenvalue weighted by molar-refractivity contribution is 5.85. The fourth-order valence-electron chi connectivity index (χ4n) is 4.43. The SMILES string of the molecule is C=C(/C=N/NC(=O)CN1CCN(Cc2ccc3ccccc3c2)CC1)/C(O)=C(\C=C(/C)C(C)(C)C)C(C)(C)C. The fourth-order valence-corrected chi connectivity index (χ4v) is 4.43. The van der Waals surface area contributed by atoms with Crippen LogP contribution in [0, 0.1) is 10.8 Å². The Kier molecular flexibility index (Phi) is 9.92. The van der Waals surface area contributed by atoms with E-state index in [4.69, 9.17) is 0 Å². The van der Waals surface area contributed by atoms with Crippen molar-refractivity contribution in [2.45, 2.75) is 55.0 Å². The Morgan fingerprint density at radius 2 is 1.59 bits per heavy atom. The average molecular weight is 531 g/mol. The molecule has 0 saturated carbocycles. The molecular formula is C33H46N4O2. The number of hydrogen-bond donors (Lipinski definition) is 2. The summed E-state index contributed by atoms with van der Waals surface area (Å²) >= 11 is 0. The van der Waals surface area contributed by atoms with Gasteiger partial charge in [0.1, 0.15) is 5.76 Å². The second-order valence-corrected chi connectivity index (χ2v) is 12.6. The number of aliphatic hydroxyl groups is 1. The third-order valence-corrected chi connectivity index (χ3v) is 7.37. The van der Waals surface area contributed by atoms with Crippen molar-refractivity contribution in [1.29, 1.82) is 0 Å². The van der Waals surface area contributed by atoms with Gasteiger partial charge < -0.3 is 5.11 Å². The first kappa shape index (κ1) is 30.3. The summed E-state index contributed by atoms with van der Waals surface area (Å²) in [4.78, 5) is 17.1. The lowest BCUT2D eigenvalue weighted by atomic mass is 9.79. The molecule has 0 spiro atoms. The van der Waals surface area contributed by atoms with Crippen LogP contribution >= 0.6 is 0 Å². The fraction of sp³-hybridized carbons (Fsp3) is 0.455. The Hall–Kier alpha value is -3.22. The molecule has 0 radical (unpaired) electrons. The summed E-state index contributed by atoms with van der Waals surface area (Å²) in [5, 5.41) is 17.6. The minimum atomic E-state index is -0.285. The van der Waals surface area contributed by atoms with E-state index in [1.54, 1.807) is 0 Å². The van der Waals surface area contributed by atoms with E-state index in [-0.39, 0.29) is 29.0 Å². The third-order valence-electron chi connectivity index (χ3n) is 7.37. The van der Waals surface area contributed by atoms with Crippen LogP contribution < -0.4 is 5.43 Å². The lowest BCUT2D eigenvalue weighted by molar-refractivity contribution is -0.122. The number of aliphatic hydroxyl groups excluding tert-OH is 1. The van der Waals surface area contributed by atoms with Crippen LogP contribution in [0.3, 0.4) is 0 Å². The highest BCUT2D eigenvalue weighted by atomic mass is 16.3. The zero-order valence-corrected chi connectivity index (χ0v) is 24.8. The Bertz CT molecular complexity index is 1270. The first-order valence-corrected chi connectivity index (χ1v) is 13.8. The molecule has 39 heavy (non-hydrogen) atoms. The van der Waals surface area contributed by atoms with Crippen molar-refractivity contribution in [3.63, 3.8) is 0 Å². The first-order valence-electron chi connectivity index (χ1n) is 13.8. The molecule has 1 aliphatic rings. The third kappa shape index (κ3) is 8.91. The molecule has 1 aliphatic heterocycles. The van der Waals surface area contributed by atoms with E-state index in [0.29, 0.717) is 5.57 Å².